The van der Waals surface area contributed by atoms with Crippen molar-refractivity contribution in [2.24, 2.45) is 17.8 Å². The molecule has 0 aromatic carbocycles. The van der Waals surface area contributed by atoms with E-state index < -0.39 is 5.97 Å². The summed E-state index contributed by atoms with van der Waals surface area (Å²) in [6.45, 7) is 11.8. The molecule has 0 bridgehead atoms. The smallest absolute Gasteiger partial charge is 0.330 e. The Hall–Kier alpha value is -0.830. The van der Waals surface area contributed by atoms with Crippen molar-refractivity contribution in [2.45, 2.75) is 53.1 Å². The van der Waals surface area contributed by atoms with E-state index in [0.717, 1.165) is 6.42 Å². The number of hydrogen-bond donors (Lipinski definition) is 2. The molecule has 0 aliphatic heterocycles. The second kappa shape index (κ2) is 7.49. The Morgan fingerprint density at radius 2 is 1.76 bits per heavy atom. The molecular weight excluding hydrogens is 216 g/mol. The van der Waals surface area contributed by atoms with Crippen LogP contribution >= 0.6 is 0 Å². The Balaban J connectivity index is 4.34. The molecule has 0 fully saturated rings. The van der Waals surface area contributed by atoms with Gasteiger partial charge in [-0.2, -0.15) is 0 Å². The average molecular weight is 242 g/mol. The fourth-order valence-corrected chi connectivity index (χ4v) is 2.08. The van der Waals surface area contributed by atoms with E-state index >= 15 is 0 Å². The number of aliphatic carboxylic acids is 1. The molecule has 2 N–H and O–H groups in total. The van der Waals surface area contributed by atoms with Gasteiger partial charge in [0.25, 0.3) is 0 Å². The fraction of sp³-hybridized carbons (Fsp3) is 0.786. The molecule has 100 valence electrons. The predicted octanol–water partition coefficient (Wildman–Crippen LogP) is 3.09. The van der Waals surface area contributed by atoms with Gasteiger partial charge in [0.2, 0.25) is 0 Å². The molecule has 0 rings (SSSR count). The molecule has 2 unspecified atom stereocenters. The largest absolute Gasteiger partial charge is 0.478 e. The van der Waals surface area contributed by atoms with Gasteiger partial charge in [-0.3, -0.25) is 0 Å². The molecule has 0 amide bonds. The monoisotopic (exact) mass is 242 g/mol. The maximum atomic E-state index is 10.7. The van der Waals surface area contributed by atoms with E-state index in [1.54, 1.807) is 0 Å². The van der Waals surface area contributed by atoms with Gasteiger partial charge in [-0.25, -0.2) is 4.79 Å². The van der Waals surface area contributed by atoms with Crippen LogP contribution in [-0.2, 0) is 4.79 Å². The molecule has 3 nitrogen and oxygen atoms in total. The molecule has 17 heavy (non-hydrogen) atoms. The van der Waals surface area contributed by atoms with Gasteiger partial charge in [-0.15, -0.1) is 0 Å². The zero-order chi connectivity index (χ0) is 13.6. The highest BCUT2D eigenvalue weighted by atomic mass is 16.4. The first-order valence-electron chi connectivity index (χ1n) is 6.34. The molecule has 3 heteroatoms. The van der Waals surface area contributed by atoms with Crippen molar-refractivity contribution in [3.05, 3.63) is 12.2 Å². The molecule has 0 saturated carbocycles. The highest BCUT2D eigenvalue weighted by Gasteiger charge is 2.23. The molecular formula is C14H26O3. The summed E-state index contributed by atoms with van der Waals surface area (Å²) in [6, 6.07) is 0. The molecule has 0 spiro atoms. The normalized spacial score (nSPS) is 15.0. The molecule has 0 aliphatic carbocycles. The maximum absolute atomic E-state index is 10.7. The van der Waals surface area contributed by atoms with E-state index in [-0.39, 0.29) is 17.6 Å². The lowest BCUT2D eigenvalue weighted by molar-refractivity contribution is -0.132. The Bertz CT molecular complexity index is 256. The van der Waals surface area contributed by atoms with Crippen LogP contribution in [0.25, 0.3) is 0 Å². The van der Waals surface area contributed by atoms with Crippen LogP contribution in [0.2, 0.25) is 0 Å². The van der Waals surface area contributed by atoms with Crippen molar-refractivity contribution in [2.75, 3.05) is 0 Å². The second-order valence-corrected chi connectivity index (χ2v) is 5.55. The molecule has 0 aromatic heterocycles. The van der Waals surface area contributed by atoms with Crippen LogP contribution in [0.3, 0.4) is 0 Å². The quantitative estimate of drug-likeness (QED) is 0.643. The SMILES string of the molecule is C=C(CCC(C(C)C)C(O)CC(C)C)C(=O)O. The molecule has 0 saturated heterocycles. The highest BCUT2D eigenvalue weighted by Crippen LogP contribution is 2.26. The first-order valence-corrected chi connectivity index (χ1v) is 6.34. The van der Waals surface area contributed by atoms with Crippen molar-refractivity contribution < 1.29 is 15.0 Å². The van der Waals surface area contributed by atoms with Gasteiger partial charge in [0.15, 0.2) is 0 Å². The summed E-state index contributed by atoms with van der Waals surface area (Å²) in [4.78, 5) is 10.7. The average Bonchev–Trinajstić information content (AvgIpc) is 2.15. The number of carbonyl (C=O) groups is 1. The van der Waals surface area contributed by atoms with Crippen LogP contribution in [-0.4, -0.2) is 22.3 Å². The van der Waals surface area contributed by atoms with Gasteiger partial charge < -0.3 is 10.2 Å². The number of carboxylic acid groups (broad SMARTS) is 1. The standard InChI is InChI=1S/C14H26O3/c1-9(2)8-13(15)12(10(3)4)7-6-11(5)14(16)17/h9-10,12-13,15H,5-8H2,1-4H3,(H,16,17). The van der Waals surface area contributed by atoms with E-state index in [4.69, 9.17) is 5.11 Å². The summed E-state index contributed by atoms with van der Waals surface area (Å²) in [5, 5.41) is 18.9. The van der Waals surface area contributed by atoms with E-state index in [1.807, 2.05) is 0 Å². The predicted molar refractivity (Wildman–Crippen MR) is 69.8 cm³/mol. The van der Waals surface area contributed by atoms with Crippen LogP contribution in [0.4, 0.5) is 0 Å². The van der Waals surface area contributed by atoms with Crippen LogP contribution in [0.5, 0.6) is 0 Å². The summed E-state index contributed by atoms with van der Waals surface area (Å²) >= 11 is 0. The Kier molecular flexibility index (Phi) is 7.12. The summed E-state index contributed by atoms with van der Waals surface area (Å²) in [6.07, 6.45) is 1.56. The zero-order valence-corrected chi connectivity index (χ0v) is 11.4. The van der Waals surface area contributed by atoms with Crippen molar-refractivity contribution in [3.63, 3.8) is 0 Å². The van der Waals surface area contributed by atoms with Gasteiger partial charge in [-0.05, 0) is 37.0 Å². The van der Waals surface area contributed by atoms with E-state index in [9.17, 15) is 9.90 Å². The summed E-state index contributed by atoms with van der Waals surface area (Å²) in [5.74, 6) is 0.0126. The minimum Gasteiger partial charge on any atom is -0.478 e. The van der Waals surface area contributed by atoms with Crippen LogP contribution in [0.15, 0.2) is 12.2 Å². The lowest BCUT2D eigenvalue weighted by atomic mass is 9.82. The molecule has 0 aliphatic rings. The van der Waals surface area contributed by atoms with Crippen molar-refractivity contribution in [1.29, 1.82) is 0 Å². The summed E-state index contributed by atoms with van der Waals surface area (Å²) in [5.41, 5.74) is 0.229. The summed E-state index contributed by atoms with van der Waals surface area (Å²) in [7, 11) is 0. The number of carboxylic acids is 1. The van der Waals surface area contributed by atoms with Crippen LogP contribution in [0, 0.1) is 17.8 Å². The minimum absolute atomic E-state index is 0.147. The highest BCUT2D eigenvalue weighted by molar-refractivity contribution is 5.85. The Morgan fingerprint density at radius 3 is 2.12 bits per heavy atom. The Morgan fingerprint density at radius 1 is 1.24 bits per heavy atom. The molecule has 2 atom stereocenters. The van der Waals surface area contributed by atoms with Crippen molar-refractivity contribution >= 4 is 5.97 Å². The van der Waals surface area contributed by atoms with E-state index in [1.165, 1.54) is 0 Å². The topological polar surface area (TPSA) is 57.5 Å². The summed E-state index contributed by atoms with van der Waals surface area (Å²) < 4.78 is 0. The minimum atomic E-state index is -0.939. The zero-order valence-electron chi connectivity index (χ0n) is 11.4. The molecule has 0 heterocycles. The van der Waals surface area contributed by atoms with Gasteiger partial charge in [0.1, 0.15) is 0 Å². The number of rotatable bonds is 8. The van der Waals surface area contributed by atoms with Gasteiger partial charge in [0, 0.05) is 5.57 Å². The lowest BCUT2D eigenvalue weighted by Crippen LogP contribution is -2.27. The van der Waals surface area contributed by atoms with Gasteiger partial charge in [0.05, 0.1) is 6.10 Å². The Labute approximate surface area is 105 Å². The molecule has 0 aromatic rings. The number of aliphatic hydroxyl groups excluding tert-OH is 1. The number of aliphatic hydroxyl groups is 1. The van der Waals surface area contributed by atoms with Gasteiger partial charge in [-0.1, -0.05) is 34.3 Å². The second-order valence-electron chi connectivity index (χ2n) is 5.55. The third-order valence-corrected chi connectivity index (χ3v) is 3.15. The number of hydrogen-bond acceptors (Lipinski definition) is 2. The lowest BCUT2D eigenvalue weighted by Gasteiger charge is -2.27. The van der Waals surface area contributed by atoms with Crippen LogP contribution in [0.1, 0.15) is 47.0 Å². The third kappa shape index (κ3) is 6.47. The van der Waals surface area contributed by atoms with E-state index in [0.29, 0.717) is 24.7 Å². The first kappa shape index (κ1) is 16.2. The maximum Gasteiger partial charge on any atom is 0.330 e. The van der Waals surface area contributed by atoms with Gasteiger partial charge >= 0.3 is 5.97 Å². The van der Waals surface area contributed by atoms with Crippen LogP contribution < -0.4 is 0 Å². The fourth-order valence-electron chi connectivity index (χ4n) is 2.08. The van der Waals surface area contributed by atoms with Crippen molar-refractivity contribution in [1.82, 2.24) is 0 Å². The first-order chi connectivity index (χ1) is 7.75. The van der Waals surface area contributed by atoms with Crippen molar-refractivity contribution in [3.8, 4) is 0 Å². The van der Waals surface area contributed by atoms with E-state index in [2.05, 4.69) is 34.3 Å². The third-order valence-electron chi connectivity index (χ3n) is 3.15. The molecule has 0 radical (unpaired) electrons.